The molecule has 1 amide bonds. The normalized spacial score (nSPS) is 11.7. The Hall–Kier alpha value is -2.98. The number of sulfonamides is 1. The fourth-order valence-electron chi connectivity index (χ4n) is 2.66. The maximum Gasteiger partial charge on any atom is 0.242 e. The molecule has 0 aliphatic rings. The number of hydrogen-bond acceptors (Lipinski definition) is 6. The number of para-hydroxylation sites is 2. The Balaban J connectivity index is 1.72. The number of aromatic nitrogens is 3. The smallest absolute Gasteiger partial charge is 0.242 e. The minimum absolute atomic E-state index is 0.144. The number of nitrogens with zero attached hydrogens (tertiary/aromatic N) is 4. The lowest BCUT2D eigenvalue weighted by Gasteiger charge is -2.11. The Morgan fingerprint density at radius 1 is 1.21 bits per heavy atom. The second-order valence-corrected chi connectivity index (χ2v) is 8.40. The fraction of sp³-hybridized carbons (Fsp3) is 0.278. The Kier molecular flexibility index (Phi) is 5.61. The van der Waals surface area contributed by atoms with Crippen LogP contribution in [0.5, 0.6) is 5.75 Å². The number of carbonyl (C=O) groups excluding carboxylic acids is 1. The lowest BCUT2D eigenvalue weighted by atomic mass is 10.2. The van der Waals surface area contributed by atoms with E-state index in [0.29, 0.717) is 29.0 Å². The van der Waals surface area contributed by atoms with E-state index in [1.54, 1.807) is 22.9 Å². The van der Waals surface area contributed by atoms with Gasteiger partial charge in [-0.05, 0) is 30.3 Å². The maximum atomic E-state index is 12.3. The van der Waals surface area contributed by atoms with Crippen LogP contribution in [0.2, 0.25) is 0 Å². The molecule has 0 fully saturated rings. The number of benzene rings is 2. The third kappa shape index (κ3) is 3.97. The summed E-state index contributed by atoms with van der Waals surface area (Å²) in [5.74, 6) is 0.386. The zero-order valence-corrected chi connectivity index (χ0v) is 16.6. The number of anilines is 1. The Labute approximate surface area is 163 Å². The van der Waals surface area contributed by atoms with Crippen molar-refractivity contribution < 1.29 is 17.9 Å². The average Bonchev–Trinajstić information content (AvgIpc) is 3.09. The minimum Gasteiger partial charge on any atom is -0.495 e. The Bertz CT molecular complexity index is 1110. The molecule has 0 atom stereocenters. The first-order valence-electron chi connectivity index (χ1n) is 8.51. The molecule has 3 aromatic rings. The van der Waals surface area contributed by atoms with Gasteiger partial charge in [-0.2, -0.15) is 0 Å². The van der Waals surface area contributed by atoms with Crippen molar-refractivity contribution >= 4 is 32.7 Å². The van der Waals surface area contributed by atoms with Crippen LogP contribution in [0.15, 0.2) is 47.4 Å². The highest BCUT2D eigenvalue weighted by molar-refractivity contribution is 7.89. The van der Waals surface area contributed by atoms with E-state index >= 15 is 0 Å². The zero-order valence-electron chi connectivity index (χ0n) is 15.8. The van der Waals surface area contributed by atoms with Crippen LogP contribution >= 0.6 is 0 Å². The van der Waals surface area contributed by atoms with E-state index in [9.17, 15) is 13.2 Å². The van der Waals surface area contributed by atoms with Gasteiger partial charge in [-0.1, -0.05) is 17.3 Å². The molecule has 0 spiro atoms. The average molecular weight is 403 g/mol. The van der Waals surface area contributed by atoms with Crippen molar-refractivity contribution in [3.8, 4) is 5.75 Å². The van der Waals surface area contributed by atoms with Gasteiger partial charge in [-0.3, -0.25) is 4.79 Å². The molecule has 10 heteroatoms. The number of fused-ring (bicyclic) bond motifs is 1. The van der Waals surface area contributed by atoms with Crippen molar-refractivity contribution in [2.24, 2.45) is 0 Å². The van der Waals surface area contributed by atoms with Gasteiger partial charge in [-0.25, -0.2) is 17.4 Å². The first-order chi connectivity index (χ1) is 13.3. The first-order valence-corrected chi connectivity index (χ1v) is 9.95. The molecule has 9 nitrogen and oxygen atoms in total. The van der Waals surface area contributed by atoms with Gasteiger partial charge >= 0.3 is 0 Å². The summed E-state index contributed by atoms with van der Waals surface area (Å²) in [4.78, 5) is 12.4. The lowest BCUT2D eigenvalue weighted by molar-refractivity contribution is -0.116. The van der Waals surface area contributed by atoms with Gasteiger partial charge in [0, 0.05) is 20.5 Å². The molecule has 0 saturated heterocycles. The summed E-state index contributed by atoms with van der Waals surface area (Å²) >= 11 is 0. The molecule has 0 aliphatic heterocycles. The molecule has 0 unspecified atom stereocenters. The molecule has 1 heterocycles. The summed E-state index contributed by atoms with van der Waals surface area (Å²) in [6.07, 6.45) is 0.175. The highest BCUT2D eigenvalue weighted by Gasteiger charge is 2.19. The molecule has 0 radical (unpaired) electrons. The second-order valence-electron chi connectivity index (χ2n) is 6.25. The predicted octanol–water partition coefficient (Wildman–Crippen LogP) is 1.72. The van der Waals surface area contributed by atoms with Crippen molar-refractivity contribution in [1.29, 1.82) is 0 Å². The highest BCUT2D eigenvalue weighted by Crippen LogP contribution is 2.23. The largest absolute Gasteiger partial charge is 0.495 e. The molecule has 2 aromatic carbocycles. The van der Waals surface area contributed by atoms with E-state index in [4.69, 9.17) is 4.74 Å². The number of amides is 1. The van der Waals surface area contributed by atoms with Crippen molar-refractivity contribution in [3.05, 3.63) is 42.5 Å². The minimum atomic E-state index is -3.55. The molecular formula is C18H21N5O4S. The molecule has 148 valence electrons. The van der Waals surface area contributed by atoms with Crippen LogP contribution in [0.4, 0.5) is 5.69 Å². The zero-order chi connectivity index (χ0) is 20.3. The third-order valence-electron chi connectivity index (χ3n) is 4.20. The molecule has 1 N–H and O–H groups in total. The van der Waals surface area contributed by atoms with Crippen LogP contribution in [0.3, 0.4) is 0 Å². The van der Waals surface area contributed by atoms with Crippen molar-refractivity contribution in [3.63, 3.8) is 0 Å². The highest BCUT2D eigenvalue weighted by atomic mass is 32.2. The SMILES string of the molecule is COc1ccccc1NC(=O)CCn1nnc2cc(S(=O)(=O)N(C)C)ccc21. The molecule has 28 heavy (non-hydrogen) atoms. The number of ether oxygens (including phenoxy) is 1. The topological polar surface area (TPSA) is 106 Å². The van der Waals surface area contributed by atoms with Gasteiger partial charge in [0.25, 0.3) is 0 Å². The first kappa shape index (κ1) is 19.8. The molecule has 1 aromatic heterocycles. The molecule has 0 aliphatic carbocycles. The quantitative estimate of drug-likeness (QED) is 0.644. The van der Waals surface area contributed by atoms with E-state index in [0.717, 1.165) is 4.31 Å². The van der Waals surface area contributed by atoms with Gasteiger partial charge in [0.15, 0.2) is 0 Å². The summed E-state index contributed by atoms with van der Waals surface area (Å²) in [5.41, 5.74) is 1.70. The van der Waals surface area contributed by atoms with Crippen LogP contribution in [-0.4, -0.2) is 54.8 Å². The molecule has 0 saturated carbocycles. The number of methoxy groups -OCH3 is 1. The van der Waals surface area contributed by atoms with E-state index < -0.39 is 10.0 Å². The molecule has 3 rings (SSSR count). The summed E-state index contributed by atoms with van der Waals surface area (Å²) in [6.45, 7) is 0.303. The van der Waals surface area contributed by atoms with Crippen LogP contribution in [0.25, 0.3) is 11.0 Å². The van der Waals surface area contributed by atoms with E-state index in [-0.39, 0.29) is 17.2 Å². The van der Waals surface area contributed by atoms with E-state index in [2.05, 4.69) is 15.6 Å². The van der Waals surface area contributed by atoms with Crippen molar-refractivity contribution in [2.75, 3.05) is 26.5 Å². The summed E-state index contributed by atoms with van der Waals surface area (Å²) in [7, 11) is 0.931. The predicted molar refractivity (Wildman–Crippen MR) is 105 cm³/mol. The summed E-state index contributed by atoms with van der Waals surface area (Å²) in [5, 5.41) is 10.9. The molecular weight excluding hydrogens is 382 g/mol. The maximum absolute atomic E-state index is 12.3. The lowest BCUT2D eigenvalue weighted by Crippen LogP contribution is -2.22. The Morgan fingerprint density at radius 2 is 1.96 bits per heavy atom. The van der Waals surface area contributed by atoms with Gasteiger partial charge in [0.05, 0.1) is 29.8 Å². The van der Waals surface area contributed by atoms with Gasteiger partial charge < -0.3 is 10.1 Å². The second kappa shape index (κ2) is 7.95. The van der Waals surface area contributed by atoms with E-state index in [1.807, 2.05) is 12.1 Å². The summed E-state index contributed by atoms with van der Waals surface area (Å²) in [6, 6.07) is 11.8. The number of nitrogens with one attached hydrogen (secondary N) is 1. The number of hydrogen-bond donors (Lipinski definition) is 1. The third-order valence-corrected chi connectivity index (χ3v) is 6.01. The monoisotopic (exact) mass is 403 g/mol. The Morgan fingerprint density at radius 3 is 2.68 bits per heavy atom. The number of carbonyl (C=O) groups is 1. The fourth-order valence-corrected chi connectivity index (χ4v) is 3.58. The van der Waals surface area contributed by atoms with E-state index in [1.165, 1.54) is 33.3 Å². The van der Waals surface area contributed by atoms with Crippen molar-refractivity contribution in [2.45, 2.75) is 17.9 Å². The standard InChI is InChI=1S/C18H21N5O4S/c1-22(2)28(25,26)13-8-9-16-15(12-13)20-21-23(16)11-10-18(24)19-14-6-4-5-7-17(14)27-3/h4-9,12H,10-11H2,1-3H3,(H,19,24). The van der Waals surface area contributed by atoms with Crippen LogP contribution in [0, 0.1) is 0 Å². The summed E-state index contributed by atoms with van der Waals surface area (Å²) < 4.78 is 32.4. The number of rotatable bonds is 7. The van der Waals surface area contributed by atoms with Crippen LogP contribution < -0.4 is 10.1 Å². The molecule has 0 bridgehead atoms. The van der Waals surface area contributed by atoms with Crippen molar-refractivity contribution in [1.82, 2.24) is 19.3 Å². The number of aryl methyl sites for hydroxylation is 1. The van der Waals surface area contributed by atoms with Crippen LogP contribution in [-0.2, 0) is 21.4 Å². The van der Waals surface area contributed by atoms with Gasteiger partial charge in [-0.15, -0.1) is 5.10 Å². The van der Waals surface area contributed by atoms with Gasteiger partial charge in [0.2, 0.25) is 15.9 Å². The van der Waals surface area contributed by atoms with Gasteiger partial charge in [0.1, 0.15) is 11.3 Å². The van der Waals surface area contributed by atoms with Crippen LogP contribution in [0.1, 0.15) is 6.42 Å².